The lowest BCUT2D eigenvalue weighted by Gasteiger charge is -2.10. The minimum absolute atomic E-state index is 0.179. The topological polar surface area (TPSA) is 81.4 Å². The van der Waals surface area contributed by atoms with Crippen LogP contribution in [-0.2, 0) is 14.3 Å². The van der Waals surface area contributed by atoms with Gasteiger partial charge in [-0.2, -0.15) is 0 Å². The van der Waals surface area contributed by atoms with Crippen molar-refractivity contribution in [2.24, 2.45) is 0 Å². The lowest BCUT2D eigenvalue weighted by molar-refractivity contribution is -0.148. The second-order valence-electron chi connectivity index (χ2n) is 4.87. The summed E-state index contributed by atoms with van der Waals surface area (Å²) in [6.07, 6.45) is 1.56. The average molecular weight is 369 g/mol. The predicted octanol–water partition coefficient (Wildman–Crippen LogP) is 3.87. The summed E-state index contributed by atoms with van der Waals surface area (Å²) in [6.45, 7) is 3.15. The molecular weight excluding hydrogens is 355 g/mol. The number of carbonyl (C=O) groups is 2. The number of aryl methyl sites for hydroxylation is 1. The fraction of sp³-hybridized carbons (Fsp3) is 0.188. The van der Waals surface area contributed by atoms with Crippen LogP contribution in [-0.4, -0.2) is 23.1 Å². The van der Waals surface area contributed by atoms with Crippen molar-refractivity contribution in [3.05, 3.63) is 51.6 Å². The summed E-state index contributed by atoms with van der Waals surface area (Å²) in [5.41, 5.74) is 1.11. The maximum absolute atomic E-state index is 11.9. The van der Waals surface area contributed by atoms with Crippen LogP contribution in [0.4, 0.5) is 5.88 Å². The number of ether oxygens (including phenoxy) is 1. The molecule has 0 saturated heterocycles. The summed E-state index contributed by atoms with van der Waals surface area (Å²) >= 11 is 12.0. The number of halogens is 2. The van der Waals surface area contributed by atoms with Crippen LogP contribution in [0.15, 0.2) is 34.9 Å². The molecule has 2 aromatic rings. The van der Waals surface area contributed by atoms with Gasteiger partial charge >= 0.3 is 5.97 Å². The van der Waals surface area contributed by atoms with Crippen molar-refractivity contribution in [3.63, 3.8) is 0 Å². The number of aromatic nitrogens is 1. The molecule has 1 aromatic heterocycles. The van der Waals surface area contributed by atoms with Gasteiger partial charge in [-0.1, -0.05) is 34.4 Å². The van der Waals surface area contributed by atoms with Gasteiger partial charge < -0.3 is 9.26 Å². The SMILES string of the molecule is Cc1cc(NC(=O)C(C)OC(=O)/C=C/c2c(Cl)cccc2Cl)on1. The number of hydrogen-bond acceptors (Lipinski definition) is 5. The number of nitrogens with one attached hydrogen (secondary N) is 1. The van der Waals surface area contributed by atoms with E-state index in [4.69, 9.17) is 32.5 Å². The van der Waals surface area contributed by atoms with Crippen molar-refractivity contribution in [2.75, 3.05) is 5.32 Å². The molecule has 0 aliphatic rings. The normalized spacial score (nSPS) is 12.2. The predicted molar refractivity (Wildman–Crippen MR) is 90.9 cm³/mol. The van der Waals surface area contributed by atoms with Crippen LogP contribution in [0, 0.1) is 6.92 Å². The first-order valence-corrected chi connectivity index (χ1v) is 7.69. The Kier molecular flexibility index (Phi) is 6.00. The Morgan fingerprint density at radius 3 is 2.58 bits per heavy atom. The standard InChI is InChI=1S/C16H14Cl2N2O4/c1-9-8-14(24-20-9)19-16(22)10(2)23-15(21)7-6-11-12(17)4-3-5-13(11)18/h3-8,10H,1-2H3,(H,19,22)/b7-6+. The maximum Gasteiger partial charge on any atom is 0.331 e. The first-order chi connectivity index (χ1) is 11.4. The van der Waals surface area contributed by atoms with Crippen molar-refractivity contribution in [3.8, 4) is 0 Å². The molecule has 1 amide bonds. The number of esters is 1. The second kappa shape index (κ2) is 7.99. The van der Waals surface area contributed by atoms with Gasteiger partial charge in [0.05, 0.1) is 5.69 Å². The summed E-state index contributed by atoms with van der Waals surface area (Å²) in [5, 5.41) is 6.89. The summed E-state index contributed by atoms with van der Waals surface area (Å²) in [4.78, 5) is 23.7. The molecule has 1 heterocycles. The maximum atomic E-state index is 11.9. The quantitative estimate of drug-likeness (QED) is 0.639. The highest BCUT2D eigenvalue weighted by Gasteiger charge is 2.18. The molecule has 0 spiro atoms. The zero-order valence-corrected chi connectivity index (χ0v) is 14.4. The molecule has 0 saturated carbocycles. The highest BCUT2D eigenvalue weighted by atomic mass is 35.5. The molecule has 2 rings (SSSR count). The Morgan fingerprint density at radius 2 is 2.00 bits per heavy atom. The van der Waals surface area contributed by atoms with E-state index in [1.807, 2.05) is 0 Å². The molecule has 24 heavy (non-hydrogen) atoms. The Labute approximate surface area is 148 Å². The van der Waals surface area contributed by atoms with Gasteiger partial charge in [0.15, 0.2) is 6.10 Å². The summed E-state index contributed by atoms with van der Waals surface area (Å²) < 4.78 is 9.86. The van der Waals surface area contributed by atoms with E-state index in [2.05, 4.69) is 10.5 Å². The Hall–Kier alpha value is -2.31. The van der Waals surface area contributed by atoms with Crippen molar-refractivity contribution in [1.82, 2.24) is 5.16 Å². The lowest BCUT2D eigenvalue weighted by atomic mass is 10.2. The van der Waals surface area contributed by atoms with Gasteiger partial charge in [-0.3, -0.25) is 10.1 Å². The molecule has 0 aliphatic heterocycles. The molecule has 6 nitrogen and oxygen atoms in total. The van der Waals surface area contributed by atoms with Crippen LogP contribution >= 0.6 is 23.2 Å². The third-order valence-electron chi connectivity index (χ3n) is 2.92. The first-order valence-electron chi connectivity index (χ1n) is 6.93. The van der Waals surface area contributed by atoms with Crippen LogP contribution in [0.2, 0.25) is 10.0 Å². The number of anilines is 1. The fourth-order valence-corrected chi connectivity index (χ4v) is 2.26. The minimum Gasteiger partial charge on any atom is -0.449 e. The highest BCUT2D eigenvalue weighted by molar-refractivity contribution is 6.37. The van der Waals surface area contributed by atoms with Crippen molar-refractivity contribution in [1.29, 1.82) is 0 Å². The molecule has 1 atom stereocenters. The zero-order valence-electron chi connectivity index (χ0n) is 12.9. The van der Waals surface area contributed by atoms with Crippen LogP contribution in [0.5, 0.6) is 0 Å². The highest BCUT2D eigenvalue weighted by Crippen LogP contribution is 2.25. The number of rotatable bonds is 5. The van der Waals surface area contributed by atoms with Crippen LogP contribution in [0.1, 0.15) is 18.2 Å². The number of hydrogen-bond donors (Lipinski definition) is 1. The van der Waals surface area contributed by atoms with E-state index in [0.717, 1.165) is 6.08 Å². The molecule has 0 fully saturated rings. The number of carbonyl (C=O) groups excluding carboxylic acids is 2. The van der Waals surface area contributed by atoms with E-state index in [1.54, 1.807) is 31.2 Å². The summed E-state index contributed by atoms with van der Waals surface area (Å²) in [7, 11) is 0. The monoisotopic (exact) mass is 368 g/mol. The Morgan fingerprint density at radius 1 is 1.33 bits per heavy atom. The van der Waals surface area contributed by atoms with Crippen LogP contribution < -0.4 is 5.32 Å². The first kappa shape index (κ1) is 18.0. The van der Waals surface area contributed by atoms with E-state index in [-0.39, 0.29) is 5.88 Å². The third kappa shape index (κ3) is 4.84. The van der Waals surface area contributed by atoms with E-state index in [0.29, 0.717) is 21.3 Å². The van der Waals surface area contributed by atoms with Gasteiger partial charge in [0.1, 0.15) is 0 Å². The molecule has 8 heteroatoms. The van der Waals surface area contributed by atoms with Crippen LogP contribution in [0.25, 0.3) is 6.08 Å². The van der Waals surface area contributed by atoms with Crippen molar-refractivity contribution >= 4 is 47.0 Å². The molecule has 1 N–H and O–H groups in total. The molecule has 0 aliphatic carbocycles. The molecule has 0 radical (unpaired) electrons. The second-order valence-corrected chi connectivity index (χ2v) is 5.68. The number of benzene rings is 1. The van der Waals surface area contributed by atoms with Gasteiger partial charge in [-0.05, 0) is 32.1 Å². The van der Waals surface area contributed by atoms with Gasteiger partial charge in [-0.25, -0.2) is 4.79 Å². The van der Waals surface area contributed by atoms with E-state index < -0.39 is 18.0 Å². The minimum atomic E-state index is -1.02. The molecule has 126 valence electrons. The van der Waals surface area contributed by atoms with E-state index >= 15 is 0 Å². The van der Waals surface area contributed by atoms with Gasteiger partial charge in [0.25, 0.3) is 5.91 Å². The fourth-order valence-electron chi connectivity index (χ4n) is 1.73. The Balaban J connectivity index is 1.93. The van der Waals surface area contributed by atoms with Crippen molar-refractivity contribution in [2.45, 2.75) is 20.0 Å². The molecular formula is C16H14Cl2N2O4. The smallest absolute Gasteiger partial charge is 0.331 e. The summed E-state index contributed by atoms with van der Waals surface area (Å²) in [6, 6.07) is 6.53. The van der Waals surface area contributed by atoms with Crippen molar-refractivity contribution < 1.29 is 18.8 Å². The van der Waals surface area contributed by atoms with E-state index in [1.165, 1.54) is 13.0 Å². The largest absolute Gasteiger partial charge is 0.449 e. The molecule has 0 bridgehead atoms. The van der Waals surface area contributed by atoms with Gasteiger partial charge in [0.2, 0.25) is 5.88 Å². The number of nitrogens with zero attached hydrogens (tertiary/aromatic N) is 1. The Bertz CT molecular complexity index is 766. The lowest BCUT2D eigenvalue weighted by Crippen LogP contribution is -2.29. The van der Waals surface area contributed by atoms with Gasteiger partial charge in [-0.15, -0.1) is 0 Å². The molecule has 1 unspecified atom stereocenters. The third-order valence-corrected chi connectivity index (χ3v) is 3.58. The zero-order chi connectivity index (χ0) is 17.7. The number of amides is 1. The average Bonchev–Trinajstić information content (AvgIpc) is 2.91. The summed E-state index contributed by atoms with van der Waals surface area (Å²) in [5.74, 6) is -1.06. The van der Waals surface area contributed by atoms with Crippen LogP contribution in [0.3, 0.4) is 0 Å². The van der Waals surface area contributed by atoms with Gasteiger partial charge in [0, 0.05) is 27.8 Å². The van der Waals surface area contributed by atoms with E-state index in [9.17, 15) is 9.59 Å². The molecule has 1 aromatic carbocycles.